The molecule has 1 aliphatic heterocycles. The highest BCUT2D eigenvalue weighted by atomic mass is 35.5. The topological polar surface area (TPSA) is 51.2 Å². The van der Waals surface area contributed by atoms with E-state index in [9.17, 15) is 4.79 Å². The number of allylic oxidation sites excluding steroid dienone is 2. The summed E-state index contributed by atoms with van der Waals surface area (Å²) < 4.78 is 4.96. The number of rotatable bonds is 2. The molecule has 1 aliphatic carbocycles. The van der Waals surface area contributed by atoms with E-state index in [1.165, 1.54) is 7.11 Å². The monoisotopic (exact) mass is 340 g/mol. The average molecular weight is 341 g/mol. The number of esters is 1. The first-order chi connectivity index (χ1) is 11.7. The summed E-state index contributed by atoms with van der Waals surface area (Å²) >= 11 is 6.45. The molecule has 3 atom stereocenters. The molecule has 2 aliphatic rings. The maximum absolute atomic E-state index is 12.2. The molecule has 0 spiro atoms. The van der Waals surface area contributed by atoms with Crippen LogP contribution in [-0.2, 0) is 4.74 Å². The van der Waals surface area contributed by atoms with Crippen molar-refractivity contribution in [3.63, 3.8) is 0 Å². The van der Waals surface area contributed by atoms with Gasteiger partial charge in [-0.1, -0.05) is 29.8 Å². The van der Waals surface area contributed by atoms with Crippen LogP contribution in [0.3, 0.4) is 0 Å². The Morgan fingerprint density at radius 2 is 2.21 bits per heavy atom. The molecule has 0 bridgehead atoms. The fourth-order valence-corrected chi connectivity index (χ4v) is 4.03. The Kier molecular flexibility index (Phi) is 3.77. The fraction of sp³-hybridized carbons (Fsp3) is 0.263. The van der Waals surface area contributed by atoms with Crippen LogP contribution >= 0.6 is 11.6 Å². The molecule has 0 unspecified atom stereocenters. The van der Waals surface area contributed by atoms with Gasteiger partial charge in [0.15, 0.2) is 0 Å². The normalized spacial score (nSPS) is 24.0. The van der Waals surface area contributed by atoms with Crippen LogP contribution in [0.1, 0.15) is 40.0 Å². The summed E-state index contributed by atoms with van der Waals surface area (Å²) in [6.45, 7) is 0. The zero-order valence-electron chi connectivity index (χ0n) is 13.2. The number of hydrogen-bond donors (Lipinski definition) is 1. The number of anilines is 1. The molecule has 24 heavy (non-hydrogen) atoms. The zero-order valence-corrected chi connectivity index (χ0v) is 14.0. The van der Waals surface area contributed by atoms with Crippen LogP contribution in [-0.4, -0.2) is 18.1 Å². The Morgan fingerprint density at radius 1 is 1.33 bits per heavy atom. The molecule has 2 heterocycles. The molecule has 0 amide bonds. The second-order valence-electron chi connectivity index (χ2n) is 6.11. The van der Waals surface area contributed by atoms with Crippen LogP contribution < -0.4 is 5.32 Å². The molecule has 1 aromatic carbocycles. The molecule has 0 fully saturated rings. The van der Waals surface area contributed by atoms with Crippen LogP contribution in [0.15, 0.2) is 48.7 Å². The third-order valence-corrected chi connectivity index (χ3v) is 5.20. The number of nitrogens with one attached hydrogen (secondary N) is 1. The second-order valence-corrected chi connectivity index (χ2v) is 6.51. The minimum absolute atomic E-state index is 0.0593. The summed E-state index contributed by atoms with van der Waals surface area (Å²) in [6, 6.07) is 9.48. The minimum atomic E-state index is -0.333. The van der Waals surface area contributed by atoms with E-state index in [4.69, 9.17) is 16.3 Å². The van der Waals surface area contributed by atoms with E-state index in [2.05, 4.69) is 22.5 Å². The SMILES string of the molecule is COC(=O)c1ccc(Cl)c2c1[C@@H]1C=CC[C@H]1[C@@H](c1ccccn1)N2. The van der Waals surface area contributed by atoms with Crippen molar-refractivity contribution in [2.75, 3.05) is 12.4 Å². The van der Waals surface area contributed by atoms with Gasteiger partial charge in [0, 0.05) is 12.1 Å². The average Bonchev–Trinajstić information content (AvgIpc) is 3.11. The molecule has 0 saturated carbocycles. The molecule has 4 nitrogen and oxygen atoms in total. The van der Waals surface area contributed by atoms with Crippen molar-refractivity contribution in [2.45, 2.75) is 18.4 Å². The molecular weight excluding hydrogens is 324 g/mol. The lowest BCUT2D eigenvalue weighted by Gasteiger charge is -2.38. The van der Waals surface area contributed by atoms with E-state index in [1.807, 2.05) is 18.2 Å². The van der Waals surface area contributed by atoms with Crippen LogP contribution in [0, 0.1) is 5.92 Å². The van der Waals surface area contributed by atoms with Gasteiger partial charge in [-0.3, -0.25) is 4.98 Å². The Hall–Kier alpha value is -2.33. The van der Waals surface area contributed by atoms with E-state index in [-0.39, 0.29) is 17.9 Å². The van der Waals surface area contributed by atoms with Crippen molar-refractivity contribution in [3.05, 3.63) is 70.5 Å². The predicted octanol–water partition coefficient (Wildman–Crippen LogP) is 4.35. The standard InChI is InChI=1S/C19H17ClN2O2/c1-24-19(23)13-8-9-14(20)18-16(13)11-5-4-6-12(11)17(22-18)15-7-2-3-10-21-15/h2-5,7-12,17,22H,6H2,1H3/t11-,12-,17+/m1/s1. The summed E-state index contributed by atoms with van der Waals surface area (Å²) in [5, 5.41) is 4.14. The van der Waals surface area contributed by atoms with E-state index < -0.39 is 0 Å². The van der Waals surface area contributed by atoms with Gasteiger partial charge >= 0.3 is 5.97 Å². The number of ether oxygens (including phenoxy) is 1. The summed E-state index contributed by atoms with van der Waals surface area (Å²) in [6.07, 6.45) is 7.08. The summed E-state index contributed by atoms with van der Waals surface area (Å²) in [5.41, 5.74) is 3.30. The van der Waals surface area contributed by atoms with Crippen molar-refractivity contribution in [1.82, 2.24) is 4.98 Å². The molecule has 2 aromatic rings. The lowest BCUT2D eigenvalue weighted by molar-refractivity contribution is 0.0598. The Bertz CT molecular complexity index is 820. The van der Waals surface area contributed by atoms with Crippen LogP contribution in [0.25, 0.3) is 0 Å². The van der Waals surface area contributed by atoms with Gasteiger partial charge in [0.05, 0.1) is 35.1 Å². The lowest BCUT2D eigenvalue weighted by Crippen LogP contribution is -2.31. The highest BCUT2D eigenvalue weighted by molar-refractivity contribution is 6.33. The van der Waals surface area contributed by atoms with E-state index in [0.29, 0.717) is 16.5 Å². The van der Waals surface area contributed by atoms with Crippen molar-refractivity contribution in [1.29, 1.82) is 0 Å². The molecule has 1 aromatic heterocycles. The number of benzene rings is 1. The van der Waals surface area contributed by atoms with E-state index >= 15 is 0 Å². The highest BCUT2D eigenvalue weighted by Crippen LogP contribution is 2.52. The first kappa shape index (κ1) is 15.2. The quantitative estimate of drug-likeness (QED) is 0.652. The van der Waals surface area contributed by atoms with Crippen LogP contribution in [0.2, 0.25) is 5.02 Å². The van der Waals surface area contributed by atoms with Crippen LogP contribution in [0.5, 0.6) is 0 Å². The first-order valence-corrected chi connectivity index (χ1v) is 8.33. The Labute approximate surface area is 145 Å². The summed E-state index contributed by atoms with van der Waals surface area (Å²) in [4.78, 5) is 16.7. The fourth-order valence-electron chi connectivity index (χ4n) is 3.81. The number of fused-ring (bicyclic) bond motifs is 3. The zero-order chi connectivity index (χ0) is 16.7. The highest BCUT2D eigenvalue weighted by Gasteiger charge is 2.41. The molecule has 122 valence electrons. The van der Waals surface area contributed by atoms with Gasteiger partial charge in [0.2, 0.25) is 0 Å². The van der Waals surface area contributed by atoms with Gasteiger partial charge < -0.3 is 10.1 Å². The minimum Gasteiger partial charge on any atom is -0.465 e. The number of aromatic nitrogens is 1. The smallest absolute Gasteiger partial charge is 0.338 e. The van der Waals surface area contributed by atoms with Crippen molar-refractivity contribution < 1.29 is 9.53 Å². The van der Waals surface area contributed by atoms with Crippen molar-refractivity contribution >= 4 is 23.3 Å². The number of pyridine rings is 1. The molecule has 5 heteroatoms. The Morgan fingerprint density at radius 3 is 2.96 bits per heavy atom. The van der Waals surface area contributed by atoms with Gasteiger partial charge in [0.1, 0.15) is 0 Å². The molecule has 4 rings (SSSR count). The molecule has 1 N–H and O–H groups in total. The number of halogens is 1. The third-order valence-electron chi connectivity index (χ3n) is 4.88. The first-order valence-electron chi connectivity index (χ1n) is 7.95. The Balaban J connectivity index is 1.87. The van der Waals surface area contributed by atoms with Gasteiger partial charge in [0.25, 0.3) is 0 Å². The summed E-state index contributed by atoms with van der Waals surface area (Å²) in [5.74, 6) is 0.0929. The number of nitrogens with zero attached hydrogens (tertiary/aromatic N) is 1. The van der Waals surface area contributed by atoms with Crippen molar-refractivity contribution in [2.24, 2.45) is 5.92 Å². The maximum Gasteiger partial charge on any atom is 0.338 e. The number of methoxy groups -OCH3 is 1. The third kappa shape index (κ3) is 2.29. The van der Waals surface area contributed by atoms with E-state index in [1.54, 1.807) is 18.3 Å². The molecular formula is C19H17ClN2O2. The van der Waals surface area contributed by atoms with Crippen LogP contribution in [0.4, 0.5) is 5.69 Å². The van der Waals surface area contributed by atoms with E-state index in [0.717, 1.165) is 23.4 Å². The van der Waals surface area contributed by atoms with Crippen molar-refractivity contribution in [3.8, 4) is 0 Å². The van der Waals surface area contributed by atoms with Gasteiger partial charge in [-0.15, -0.1) is 0 Å². The number of carbonyl (C=O) groups is 1. The lowest BCUT2D eigenvalue weighted by atomic mass is 9.76. The van der Waals surface area contributed by atoms with Gasteiger partial charge in [-0.05, 0) is 42.2 Å². The maximum atomic E-state index is 12.2. The number of carbonyl (C=O) groups excluding carboxylic acids is 1. The second kappa shape index (κ2) is 5.95. The van der Waals surface area contributed by atoms with Gasteiger partial charge in [-0.25, -0.2) is 4.79 Å². The largest absolute Gasteiger partial charge is 0.465 e. The molecule has 0 saturated heterocycles. The van der Waals surface area contributed by atoms with Gasteiger partial charge in [-0.2, -0.15) is 0 Å². The molecule has 0 radical (unpaired) electrons. The predicted molar refractivity (Wildman–Crippen MR) is 93.4 cm³/mol. The number of hydrogen-bond acceptors (Lipinski definition) is 4. The summed E-state index contributed by atoms with van der Waals surface area (Å²) in [7, 11) is 1.40.